The molecule has 81 heavy (non-hydrogen) atoms. The second kappa shape index (κ2) is 26.2. The summed E-state index contributed by atoms with van der Waals surface area (Å²) < 4.78 is 54.1. The Morgan fingerprint density at radius 1 is 0.333 bits per heavy atom. The van der Waals surface area contributed by atoms with E-state index in [1.165, 1.54) is 67.0 Å². The molecule has 0 aliphatic rings. The lowest BCUT2D eigenvalue weighted by atomic mass is 9.75. The summed E-state index contributed by atoms with van der Waals surface area (Å²) in [5.41, 5.74) is 23.8. The fourth-order valence-electron chi connectivity index (χ4n) is 10.8. The van der Waals surface area contributed by atoms with Crippen LogP contribution in [-0.4, -0.2) is 0 Å². The van der Waals surface area contributed by atoms with Crippen molar-refractivity contribution in [2.45, 2.75) is 192 Å². The predicted molar refractivity (Wildman–Crippen MR) is 348 cm³/mol. The molecule has 0 aliphatic heterocycles. The van der Waals surface area contributed by atoms with Gasteiger partial charge in [0, 0.05) is 77.0 Å². The summed E-state index contributed by atoms with van der Waals surface area (Å²) in [7, 11) is 8.38. The maximum Gasteiger partial charge on any atom is 0.212 e. The van der Waals surface area contributed by atoms with Crippen molar-refractivity contribution in [2.24, 2.45) is 28.2 Å². The highest BCUT2D eigenvalue weighted by atomic mass is 14.9. The molecule has 4 aromatic carbocycles. The topological polar surface area (TPSA) is 15.5 Å². The third-order valence-electron chi connectivity index (χ3n) is 16.4. The van der Waals surface area contributed by atoms with Gasteiger partial charge in [0.2, 0.25) is 22.8 Å². The average Bonchev–Trinajstić information content (AvgIpc) is 3.62. The molecule has 4 heteroatoms. The highest BCUT2D eigenvalue weighted by Gasteiger charge is 2.31. The number of benzene rings is 4. The summed E-state index contributed by atoms with van der Waals surface area (Å²) in [6.45, 7) is 40.3. The van der Waals surface area contributed by atoms with E-state index in [1.807, 2.05) is 33.0 Å². The van der Waals surface area contributed by atoms with Gasteiger partial charge in [-0.25, -0.2) is 18.3 Å². The Morgan fingerprint density at radius 3 is 1.10 bits per heavy atom. The van der Waals surface area contributed by atoms with Gasteiger partial charge in [-0.1, -0.05) is 176 Å². The first-order chi connectivity index (χ1) is 39.9. The van der Waals surface area contributed by atoms with Crippen LogP contribution in [0.2, 0.25) is 0 Å². The monoisotopic (exact) mass is 1090 g/mol. The molecule has 8 rings (SSSR count). The van der Waals surface area contributed by atoms with E-state index in [1.54, 1.807) is 24.3 Å². The molecule has 0 bridgehead atoms. The van der Waals surface area contributed by atoms with Crippen LogP contribution >= 0.6 is 0 Å². The molecule has 8 aromatic rings. The summed E-state index contributed by atoms with van der Waals surface area (Å²) >= 11 is 0. The highest BCUT2D eigenvalue weighted by Crippen LogP contribution is 2.36. The lowest BCUT2D eigenvalue weighted by Gasteiger charge is -2.29. The van der Waals surface area contributed by atoms with E-state index in [0.29, 0.717) is 11.1 Å². The minimum absolute atomic E-state index is 0.0978. The minimum Gasteiger partial charge on any atom is -0.201 e. The van der Waals surface area contributed by atoms with Crippen LogP contribution in [-0.2, 0) is 55.3 Å². The molecule has 0 atom stereocenters. The number of nitrogens with zero attached hydrogens (tertiary/aromatic N) is 4. The van der Waals surface area contributed by atoms with E-state index in [4.69, 9.17) is 8.22 Å². The van der Waals surface area contributed by atoms with Crippen LogP contribution < -0.4 is 18.3 Å². The number of pyridine rings is 4. The SMILES string of the molecule is Cc1ccccc1-c1cc(C(C)(C)C)c(C(C)(C)C)c[n+]1C.Cc1ccccc1-c1ccc(C(C)(C)C)c[n+]1C.[2H]C([2H])([2H])c1ccc(-c2cc(C)c(C(C)(C)C)c[n+]2C)c(C)c1.[2H]C([2H])([2H])c1ccc(-c2ccc(C(C)(CC)CC)c[n+]2C)c(C)c1. The number of hydrogen-bond donors (Lipinski definition) is 0. The largest absolute Gasteiger partial charge is 0.212 e. The molecule has 0 spiro atoms. The van der Waals surface area contributed by atoms with Gasteiger partial charge >= 0.3 is 0 Å². The maximum atomic E-state index is 7.55. The summed E-state index contributed by atoms with van der Waals surface area (Å²) in [5, 5.41) is 0. The van der Waals surface area contributed by atoms with E-state index >= 15 is 0 Å². The van der Waals surface area contributed by atoms with Gasteiger partial charge in [0.05, 0.1) is 0 Å². The summed E-state index contributed by atoms with van der Waals surface area (Å²) in [4.78, 5) is 0. The van der Waals surface area contributed by atoms with Gasteiger partial charge in [0.1, 0.15) is 28.2 Å². The van der Waals surface area contributed by atoms with Crippen LogP contribution in [0.25, 0.3) is 45.0 Å². The molecule has 4 aromatic heterocycles. The van der Waals surface area contributed by atoms with E-state index < -0.39 is 13.7 Å². The zero-order chi connectivity index (χ0) is 65.7. The minimum atomic E-state index is -2.06. The van der Waals surface area contributed by atoms with Gasteiger partial charge in [-0.15, -0.1) is 0 Å². The molecule has 0 saturated heterocycles. The van der Waals surface area contributed by atoms with Crippen molar-refractivity contribution in [1.82, 2.24) is 0 Å². The van der Waals surface area contributed by atoms with Gasteiger partial charge in [-0.2, -0.15) is 0 Å². The van der Waals surface area contributed by atoms with Crippen molar-refractivity contribution in [2.75, 3.05) is 0 Å². The van der Waals surface area contributed by atoms with Gasteiger partial charge in [-0.05, 0) is 158 Å². The predicted octanol–water partition coefficient (Wildman–Crippen LogP) is 18.1. The zero-order valence-corrected chi connectivity index (χ0v) is 54.6. The van der Waals surface area contributed by atoms with E-state index in [2.05, 4.69) is 274 Å². The van der Waals surface area contributed by atoms with Crippen LogP contribution in [0.15, 0.2) is 146 Å². The first-order valence-electron chi connectivity index (χ1n) is 32.3. The Labute approximate surface area is 502 Å². The molecule has 0 N–H and O–H groups in total. The van der Waals surface area contributed by atoms with E-state index in [9.17, 15) is 0 Å². The van der Waals surface area contributed by atoms with Crippen LogP contribution in [0.4, 0.5) is 0 Å². The third kappa shape index (κ3) is 16.4. The molecule has 4 nitrogen and oxygen atoms in total. The number of rotatable bonds is 7. The van der Waals surface area contributed by atoms with Crippen molar-refractivity contribution in [3.8, 4) is 45.0 Å². The average molecular weight is 1090 g/mol. The Bertz CT molecular complexity index is 3680. The van der Waals surface area contributed by atoms with Crippen molar-refractivity contribution in [3.63, 3.8) is 0 Å². The second-order valence-corrected chi connectivity index (χ2v) is 27.2. The third-order valence-corrected chi connectivity index (χ3v) is 16.4. The van der Waals surface area contributed by atoms with Crippen LogP contribution in [0.1, 0.15) is 192 Å². The Balaban J connectivity index is 0.000000212. The van der Waals surface area contributed by atoms with Crippen molar-refractivity contribution in [3.05, 3.63) is 213 Å². The van der Waals surface area contributed by atoms with E-state index in [0.717, 1.165) is 46.5 Å². The Kier molecular flexibility index (Phi) is 18.2. The van der Waals surface area contributed by atoms with Gasteiger partial charge in [0.25, 0.3) is 0 Å². The van der Waals surface area contributed by atoms with Crippen LogP contribution in [0.5, 0.6) is 0 Å². The van der Waals surface area contributed by atoms with Gasteiger partial charge in [-0.3, -0.25) is 0 Å². The number of aromatic nitrogens is 4. The Morgan fingerprint density at radius 2 is 0.704 bits per heavy atom. The summed E-state index contributed by atoms with van der Waals surface area (Å²) in [6.07, 6.45) is 11.2. The van der Waals surface area contributed by atoms with Gasteiger partial charge in [0.15, 0.2) is 24.8 Å². The highest BCUT2D eigenvalue weighted by molar-refractivity contribution is 5.65. The molecule has 0 fully saturated rings. The standard InChI is InChI=1S/C21H30N.C20H28N.C19H26N.C17H22N/c1-15-11-9-10-12-16(15)19-13-17(20(2,3)4)18(14-22(19)8)21(5,6)7;1-7-20(5,8-2)17-10-12-19(21(6)14-17)18-11-9-15(3)13-16(18)4;1-13-8-9-16(14(2)10-13)18-11-15(3)17(12-20(18)7)19(4,5)6;1-13-8-6-7-9-15(13)16-11-10-14(12-18(16)5)17(2,3)4/h9-14H,1-8H3;9-14H,7-8H2,1-6H3;8-12H,1-7H3;6-12H,1-5H3/q4*+1/i;3D3;1D3;. The zero-order valence-electron chi connectivity index (χ0n) is 60.6. The Hall–Kier alpha value is -6.52. The fraction of sp³-hybridized carbons (Fsp3) is 0.429. The first kappa shape index (κ1) is 56.3. The van der Waals surface area contributed by atoms with Crippen molar-refractivity contribution < 1.29 is 26.5 Å². The smallest absolute Gasteiger partial charge is 0.201 e. The summed E-state index contributed by atoms with van der Waals surface area (Å²) in [6, 6.07) is 41.4. The normalized spacial score (nSPS) is 13.3. The van der Waals surface area contributed by atoms with Crippen molar-refractivity contribution in [1.29, 1.82) is 0 Å². The molecule has 0 unspecified atom stereocenters. The lowest BCUT2D eigenvalue weighted by Crippen LogP contribution is -2.36. The quantitative estimate of drug-likeness (QED) is 0.141. The number of hydrogen-bond acceptors (Lipinski definition) is 0. The molecule has 0 radical (unpaired) electrons. The molecule has 0 saturated carbocycles. The molecular formula is C77H106N4+4. The fourth-order valence-corrected chi connectivity index (χ4v) is 10.8. The molecular weight excluding hydrogens is 981 g/mol. The molecule has 0 amide bonds. The lowest BCUT2D eigenvalue weighted by molar-refractivity contribution is -0.661. The van der Waals surface area contributed by atoms with Gasteiger partial charge < -0.3 is 0 Å². The first-order valence-corrected chi connectivity index (χ1v) is 29.3. The van der Waals surface area contributed by atoms with Crippen LogP contribution in [0, 0.1) is 48.3 Å². The summed E-state index contributed by atoms with van der Waals surface area (Å²) in [5.74, 6) is 0. The van der Waals surface area contributed by atoms with Crippen LogP contribution in [0.3, 0.4) is 0 Å². The molecule has 430 valence electrons. The van der Waals surface area contributed by atoms with Crippen molar-refractivity contribution >= 4 is 0 Å². The van der Waals surface area contributed by atoms with E-state index in [-0.39, 0.29) is 27.1 Å². The number of aryl methyl sites for hydroxylation is 11. The molecule has 4 heterocycles. The second-order valence-electron chi connectivity index (χ2n) is 27.2. The molecule has 0 aliphatic carbocycles. The maximum absolute atomic E-state index is 7.55.